The molecule has 0 aliphatic carbocycles. The number of nitrogens with one attached hydrogen (secondary N) is 1. The summed E-state index contributed by atoms with van der Waals surface area (Å²) in [7, 11) is 0. The Morgan fingerprint density at radius 1 is 1.37 bits per heavy atom. The zero-order valence-corrected chi connectivity index (χ0v) is 12.6. The van der Waals surface area contributed by atoms with Crippen molar-refractivity contribution < 1.29 is 4.79 Å². The number of aryl methyl sites for hydroxylation is 2. The lowest BCUT2D eigenvalue weighted by Gasteiger charge is -2.04. The van der Waals surface area contributed by atoms with E-state index in [1.54, 1.807) is 11.3 Å². The van der Waals surface area contributed by atoms with Crippen LogP contribution in [0.15, 0.2) is 30.3 Å². The van der Waals surface area contributed by atoms with Crippen LogP contribution in [0.1, 0.15) is 32.6 Å². The van der Waals surface area contributed by atoms with Gasteiger partial charge in [-0.15, -0.1) is 11.3 Å². The molecule has 2 nitrogen and oxygen atoms in total. The second-order valence-corrected chi connectivity index (χ2v) is 6.05. The van der Waals surface area contributed by atoms with Gasteiger partial charge in [-0.3, -0.25) is 4.79 Å². The fraction of sp³-hybridized carbons (Fsp3) is 0.267. The Morgan fingerprint density at radius 3 is 2.79 bits per heavy atom. The summed E-state index contributed by atoms with van der Waals surface area (Å²) in [5.41, 5.74) is 2.25. The zero-order chi connectivity index (χ0) is 13.8. The zero-order valence-electron chi connectivity index (χ0n) is 11.0. The van der Waals surface area contributed by atoms with Crippen molar-refractivity contribution in [3.8, 4) is 0 Å². The third-order valence-electron chi connectivity index (χ3n) is 2.97. The van der Waals surface area contributed by atoms with Gasteiger partial charge in [-0.2, -0.15) is 0 Å². The van der Waals surface area contributed by atoms with Gasteiger partial charge in [0.15, 0.2) is 0 Å². The highest BCUT2D eigenvalue weighted by Crippen LogP contribution is 2.22. The third kappa shape index (κ3) is 3.58. The average Bonchev–Trinajstić information content (AvgIpc) is 2.77. The van der Waals surface area contributed by atoms with Crippen LogP contribution in [0.25, 0.3) is 0 Å². The normalized spacial score (nSPS) is 10.5. The molecule has 0 fully saturated rings. The molecule has 0 saturated carbocycles. The number of benzene rings is 1. The molecule has 0 radical (unpaired) electrons. The SMILES string of the molecule is CCc1cc(C(=O)NCc2cccc(Cl)c2)sc1C. The maximum absolute atomic E-state index is 12.1. The first-order valence-electron chi connectivity index (χ1n) is 6.22. The molecule has 4 heteroatoms. The highest BCUT2D eigenvalue weighted by Gasteiger charge is 2.11. The van der Waals surface area contributed by atoms with Crippen LogP contribution in [-0.4, -0.2) is 5.91 Å². The van der Waals surface area contributed by atoms with Crippen LogP contribution in [0.5, 0.6) is 0 Å². The topological polar surface area (TPSA) is 29.1 Å². The van der Waals surface area contributed by atoms with Crippen LogP contribution >= 0.6 is 22.9 Å². The summed E-state index contributed by atoms with van der Waals surface area (Å²) >= 11 is 7.46. The van der Waals surface area contributed by atoms with Gasteiger partial charge in [0.1, 0.15) is 0 Å². The predicted molar refractivity (Wildman–Crippen MR) is 81.1 cm³/mol. The lowest BCUT2D eigenvalue weighted by molar-refractivity contribution is 0.0955. The van der Waals surface area contributed by atoms with Gasteiger partial charge in [0.05, 0.1) is 4.88 Å². The molecule has 1 N–H and O–H groups in total. The second kappa shape index (κ2) is 6.22. The lowest BCUT2D eigenvalue weighted by Crippen LogP contribution is -2.21. The van der Waals surface area contributed by atoms with Crippen molar-refractivity contribution in [2.45, 2.75) is 26.8 Å². The van der Waals surface area contributed by atoms with Gasteiger partial charge in [-0.25, -0.2) is 0 Å². The fourth-order valence-corrected chi connectivity index (χ4v) is 3.14. The van der Waals surface area contributed by atoms with E-state index in [2.05, 4.69) is 19.2 Å². The molecule has 1 amide bonds. The number of amides is 1. The van der Waals surface area contributed by atoms with Gasteiger partial charge in [0.25, 0.3) is 5.91 Å². The second-order valence-electron chi connectivity index (χ2n) is 4.36. The van der Waals surface area contributed by atoms with Crippen molar-refractivity contribution in [1.29, 1.82) is 0 Å². The molecule has 0 unspecified atom stereocenters. The molecule has 2 rings (SSSR count). The largest absolute Gasteiger partial charge is 0.347 e. The first-order valence-corrected chi connectivity index (χ1v) is 7.41. The van der Waals surface area contributed by atoms with Crippen molar-refractivity contribution >= 4 is 28.8 Å². The number of carbonyl (C=O) groups excluding carboxylic acids is 1. The summed E-state index contributed by atoms with van der Waals surface area (Å²) in [5, 5.41) is 3.61. The van der Waals surface area contributed by atoms with Gasteiger partial charge in [0.2, 0.25) is 0 Å². The van der Waals surface area contributed by atoms with Gasteiger partial charge in [0, 0.05) is 16.4 Å². The van der Waals surface area contributed by atoms with E-state index >= 15 is 0 Å². The van der Waals surface area contributed by atoms with E-state index in [4.69, 9.17) is 11.6 Å². The van der Waals surface area contributed by atoms with Crippen LogP contribution in [0.3, 0.4) is 0 Å². The van der Waals surface area contributed by atoms with E-state index < -0.39 is 0 Å². The molecule has 100 valence electrons. The van der Waals surface area contributed by atoms with Gasteiger partial charge >= 0.3 is 0 Å². The van der Waals surface area contributed by atoms with Crippen molar-refractivity contribution in [3.63, 3.8) is 0 Å². The summed E-state index contributed by atoms with van der Waals surface area (Å²) < 4.78 is 0. The Bertz CT molecular complexity index is 592. The molecule has 1 heterocycles. The molecule has 0 aliphatic heterocycles. The summed E-state index contributed by atoms with van der Waals surface area (Å²) in [4.78, 5) is 14.0. The lowest BCUT2D eigenvalue weighted by atomic mass is 10.2. The number of thiophene rings is 1. The first-order chi connectivity index (χ1) is 9.10. The molecule has 0 spiro atoms. The van der Waals surface area contributed by atoms with Crippen molar-refractivity contribution in [2.24, 2.45) is 0 Å². The summed E-state index contributed by atoms with van der Waals surface area (Å²) in [5.74, 6) is -0.0206. The van der Waals surface area contributed by atoms with E-state index in [-0.39, 0.29) is 5.91 Å². The minimum absolute atomic E-state index is 0.0206. The van der Waals surface area contributed by atoms with Crippen LogP contribution in [0.2, 0.25) is 5.02 Å². The number of halogens is 1. The monoisotopic (exact) mass is 293 g/mol. The highest BCUT2D eigenvalue weighted by molar-refractivity contribution is 7.14. The van der Waals surface area contributed by atoms with Gasteiger partial charge in [-0.1, -0.05) is 30.7 Å². The first kappa shape index (κ1) is 14.1. The van der Waals surface area contributed by atoms with Crippen molar-refractivity contribution in [2.75, 3.05) is 0 Å². The van der Waals surface area contributed by atoms with E-state index in [1.165, 1.54) is 10.4 Å². The Labute approximate surface area is 122 Å². The van der Waals surface area contributed by atoms with Crippen molar-refractivity contribution in [1.82, 2.24) is 5.32 Å². The Morgan fingerprint density at radius 2 is 2.16 bits per heavy atom. The minimum Gasteiger partial charge on any atom is -0.347 e. The van der Waals surface area contributed by atoms with Gasteiger partial charge in [-0.05, 0) is 42.7 Å². The van der Waals surface area contributed by atoms with Crippen LogP contribution in [-0.2, 0) is 13.0 Å². The molecule has 19 heavy (non-hydrogen) atoms. The maximum Gasteiger partial charge on any atom is 0.261 e. The smallest absolute Gasteiger partial charge is 0.261 e. The number of carbonyl (C=O) groups is 1. The molecule has 1 aromatic carbocycles. The number of rotatable bonds is 4. The minimum atomic E-state index is -0.0206. The standard InChI is InChI=1S/C15H16ClNOS/c1-3-12-8-14(19-10(12)2)15(18)17-9-11-5-4-6-13(16)7-11/h4-8H,3,9H2,1-2H3,(H,17,18). The van der Waals surface area contributed by atoms with Crippen LogP contribution in [0, 0.1) is 6.92 Å². The van der Waals surface area contributed by atoms with E-state index in [1.807, 2.05) is 30.3 Å². The summed E-state index contributed by atoms with van der Waals surface area (Å²) in [6.07, 6.45) is 0.962. The predicted octanol–water partition coefficient (Wildman–Crippen LogP) is 4.20. The third-order valence-corrected chi connectivity index (χ3v) is 4.29. The molecule has 0 atom stereocenters. The summed E-state index contributed by atoms with van der Waals surface area (Å²) in [6.45, 7) is 4.65. The van der Waals surface area contributed by atoms with E-state index in [9.17, 15) is 4.79 Å². The number of hydrogen-bond donors (Lipinski definition) is 1. The number of hydrogen-bond acceptors (Lipinski definition) is 2. The average molecular weight is 294 g/mol. The van der Waals surface area contributed by atoms with E-state index in [0.717, 1.165) is 16.9 Å². The fourth-order valence-electron chi connectivity index (χ4n) is 1.90. The van der Waals surface area contributed by atoms with Crippen LogP contribution < -0.4 is 5.32 Å². The van der Waals surface area contributed by atoms with E-state index in [0.29, 0.717) is 11.6 Å². The Kier molecular flexibility index (Phi) is 4.61. The highest BCUT2D eigenvalue weighted by atomic mass is 35.5. The molecular weight excluding hydrogens is 278 g/mol. The molecule has 1 aromatic heterocycles. The van der Waals surface area contributed by atoms with Crippen molar-refractivity contribution in [3.05, 3.63) is 56.2 Å². The Balaban J connectivity index is 2.01. The Hall–Kier alpha value is -1.32. The summed E-state index contributed by atoms with van der Waals surface area (Å²) in [6, 6.07) is 9.49. The van der Waals surface area contributed by atoms with Gasteiger partial charge < -0.3 is 5.32 Å². The molecular formula is C15H16ClNOS. The maximum atomic E-state index is 12.1. The molecule has 0 saturated heterocycles. The molecule has 0 aliphatic rings. The molecule has 0 bridgehead atoms. The molecule has 2 aromatic rings. The quantitative estimate of drug-likeness (QED) is 0.899. The van der Waals surface area contributed by atoms with Crippen LogP contribution in [0.4, 0.5) is 0 Å².